The number of piperazine rings is 1. The van der Waals surface area contributed by atoms with Gasteiger partial charge in [-0.3, -0.25) is 4.79 Å². The molecule has 2 N–H and O–H groups in total. The summed E-state index contributed by atoms with van der Waals surface area (Å²) < 4.78 is 0. The zero-order chi connectivity index (χ0) is 11.9. The van der Waals surface area contributed by atoms with Crippen LogP contribution in [0, 0.1) is 0 Å². The zero-order valence-electron chi connectivity index (χ0n) is 9.67. The maximum absolute atomic E-state index is 11.3. The number of nitrogens with one attached hydrogen (secondary N) is 2. The van der Waals surface area contributed by atoms with Gasteiger partial charge in [-0.1, -0.05) is 0 Å². The molecule has 1 aliphatic rings. The fourth-order valence-electron chi connectivity index (χ4n) is 1.65. The normalized spacial score (nSPS) is 16.4. The third-order valence-electron chi connectivity index (χ3n) is 2.54. The average molecular weight is 235 g/mol. The minimum absolute atomic E-state index is 0.150. The summed E-state index contributed by atoms with van der Waals surface area (Å²) in [5.74, 6) is 0. The Kier molecular flexibility index (Phi) is 4.15. The Morgan fingerprint density at radius 1 is 1.47 bits per heavy atom. The van der Waals surface area contributed by atoms with Crippen molar-refractivity contribution >= 4 is 0 Å². The van der Waals surface area contributed by atoms with Crippen molar-refractivity contribution in [3.8, 4) is 0 Å². The number of rotatable bonds is 4. The Morgan fingerprint density at radius 2 is 2.29 bits per heavy atom. The average Bonchev–Trinajstić information content (AvgIpc) is 2.38. The Balaban J connectivity index is 1.77. The van der Waals surface area contributed by atoms with Crippen LogP contribution < -0.4 is 16.3 Å². The molecule has 1 fully saturated rings. The number of nitrogens with zero attached hydrogens (tertiary/aromatic N) is 3. The maximum Gasteiger partial charge on any atom is 0.285 e. The molecule has 0 spiro atoms. The van der Waals surface area contributed by atoms with E-state index in [9.17, 15) is 4.79 Å². The van der Waals surface area contributed by atoms with Crippen molar-refractivity contribution in [2.24, 2.45) is 0 Å². The summed E-state index contributed by atoms with van der Waals surface area (Å²) >= 11 is 0. The molecule has 0 bridgehead atoms. The first-order valence-electron chi connectivity index (χ1n) is 5.76. The maximum atomic E-state index is 11.3. The van der Waals surface area contributed by atoms with Crippen LogP contribution in [0.2, 0.25) is 0 Å². The third kappa shape index (κ3) is 3.60. The van der Waals surface area contributed by atoms with Gasteiger partial charge in [0.05, 0.1) is 6.54 Å². The van der Waals surface area contributed by atoms with E-state index in [-0.39, 0.29) is 5.56 Å². The van der Waals surface area contributed by atoms with Crippen LogP contribution in [0.1, 0.15) is 0 Å². The van der Waals surface area contributed by atoms with E-state index in [0.29, 0.717) is 6.54 Å². The van der Waals surface area contributed by atoms with Gasteiger partial charge in [0.15, 0.2) is 0 Å². The molecule has 6 heteroatoms. The van der Waals surface area contributed by atoms with Gasteiger partial charge in [-0.15, -0.1) is 4.79 Å². The van der Waals surface area contributed by atoms with E-state index in [0.717, 1.165) is 26.2 Å². The van der Waals surface area contributed by atoms with Gasteiger partial charge in [0.2, 0.25) is 0 Å². The minimum atomic E-state index is -0.150. The summed E-state index contributed by atoms with van der Waals surface area (Å²) in [5, 5.41) is 7.19. The molecule has 92 valence electrons. The van der Waals surface area contributed by atoms with Gasteiger partial charge in [0.1, 0.15) is 0 Å². The van der Waals surface area contributed by atoms with E-state index >= 15 is 0 Å². The third-order valence-corrected chi connectivity index (χ3v) is 2.54. The fraction of sp³-hybridized carbons (Fsp3) is 0.455. The lowest BCUT2D eigenvalue weighted by molar-refractivity contribution is 0.323. The Labute approximate surface area is 99.9 Å². The molecule has 2 heterocycles. The molecule has 0 atom stereocenters. The van der Waals surface area contributed by atoms with Gasteiger partial charge in [0.25, 0.3) is 5.56 Å². The molecule has 0 unspecified atom stereocenters. The van der Waals surface area contributed by atoms with Gasteiger partial charge in [-0.05, 0) is 18.3 Å². The highest BCUT2D eigenvalue weighted by Gasteiger charge is 2.03. The minimum Gasteiger partial charge on any atom is -0.375 e. The Morgan fingerprint density at radius 3 is 3.06 bits per heavy atom. The first kappa shape index (κ1) is 11.7. The van der Waals surface area contributed by atoms with Crippen LogP contribution in [0.15, 0.2) is 35.4 Å². The second kappa shape index (κ2) is 6.05. The molecule has 1 aliphatic heterocycles. The smallest absolute Gasteiger partial charge is 0.285 e. The van der Waals surface area contributed by atoms with Crippen molar-refractivity contribution in [1.29, 1.82) is 0 Å². The van der Waals surface area contributed by atoms with E-state index in [1.54, 1.807) is 12.3 Å². The summed E-state index contributed by atoms with van der Waals surface area (Å²) in [6, 6.07) is 3.09. The van der Waals surface area contributed by atoms with Crippen molar-refractivity contribution in [2.75, 3.05) is 38.1 Å². The van der Waals surface area contributed by atoms with E-state index in [4.69, 9.17) is 0 Å². The monoisotopic (exact) mass is 235 g/mol. The summed E-state index contributed by atoms with van der Waals surface area (Å²) in [6.07, 6.45) is 5.63. The van der Waals surface area contributed by atoms with E-state index < -0.39 is 0 Å². The zero-order valence-corrected chi connectivity index (χ0v) is 9.67. The highest BCUT2D eigenvalue weighted by Crippen LogP contribution is 1.92. The predicted molar refractivity (Wildman–Crippen MR) is 66.3 cm³/mol. The van der Waals surface area contributed by atoms with Gasteiger partial charge >= 0.3 is 0 Å². The van der Waals surface area contributed by atoms with Crippen molar-refractivity contribution < 1.29 is 0 Å². The molecule has 1 saturated heterocycles. The molecule has 1 aromatic heterocycles. The largest absolute Gasteiger partial charge is 0.375 e. The predicted octanol–water partition coefficient (Wildman–Crippen LogP) is -0.794. The molecular weight excluding hydrogens is 218 g/mol. The van der Waals surface area contributed by atoms with Crippen molar-refractivity contribution in [3.05, 3.63) is 41.0 Å². The first-order valence-corrected chi connectivity index (χ1v) is 5.76. The molecule has 0 aromatic carbocycles. The lowest BCUT2D eigenvalue weighted by atomic mass is 10.4. The Bertz CT molecular complexity index is 422. The van der Waals surface area contributed by atoms with Gasteiger partial charge in [-0.25, -0.2) is 0 Å². The molecule has 1 aromatic rings. The molecule has 6 nitrogen and oxygen atoms in total. The van der Waals surface area contributed by atoms with Crippen LogP contribution in [0.3, 0.4) is 0 Å². The first-order chi connectivity index (χ1) is 8.36. The van der Waals surface area contributed by atoms with E-state index in [1.165, 1.54) is 10.9 Å². The van der Waals surface area contributed by atoms with Gasteiger partial charge < -0.3 is 15.6 Å². The van der Waals surface area contributed by atoms with Crippen LogP contribution >= 0.6 is 0 Å². The van der Waals surface area contributed by atoms with Gasteiger partial charge in [-0.2, -0.15) is 5.10 Å². The number of aromatic nitrogens is 2. The lowest BCUT2D eigenvalue weighted by Crippen LogP contribution is -2.40. The fourth-order valence-corrected chi connectivity index (χ4v) is 1.65. The second-order valence-corrected chi connectivity index (χ2v) is 3.81. The molecule has 17 heavy (non-hydrogen) atoms. The Hall–Kier alpha value is -1.82. The summed E-state index contributed by atoms with van der Waals surface area (Å²) in [7, 11) is 0. The molecule has 0 radical (unpaired) electrons. The molecule has 2 rings (SSSR count). The van der Waals surface area contributed by atoms with Crippen molar-refractivity contribution in [3.63, 3.8) is 0 Å². The number of hydrogen-bond donors (Lipinski definition) is 2. The number of hydrogen-bond acceptors (Lipinski definition) is 5. The van der Waals surface area contributed by atoms with Crippen LogP contribution in [0.25, 0.3) is 0 Å². The SMILES string of the molecule is O=c1cccnn1NCC=CN1CCNCC1. The molecular formula is C11H17N5O. The van der Waals surface area contributed by atoms with Crippen molar-refractivity contribution in [2.45, 2.75) is 0 Å². The van der Waals surface area contributed by atoms with E-state index in [1.807, 2.05) is 6.08 Å². The summed E-state index contributed by atoms with van der Waals surface area (Å²) in [6.45, 7) is 4.69. The van der Waals surface area contributed by atoms with Crippen molar-refractivity contribution in [1.82, 2.24) is 20.1 Å². The lowest BCUT2D eigenvalue weighted by Gasteiger charge is -2.25. The standard InChI is InChI=1S/C11H17N5O/c17-11-3-1-4-13-16(11)14-5-2-8-15-9-6-12-7-10-15/h1-4,8,12,14H,5-7,9-10H2. The van der Waals surface area contributed by atoms with Crippen LogP contribution in [0.5, 0.6) is 0 Å². The molecule has 0 saturated carbocycles. The second-order valence-electron chi connectivity index (χ2n) is 3.81. The van der Waals surface area contributed by atoms with E-state index in [2.05, 4.69) is 26.9 Å². The molecule has 0 amide bonds. The molecule has 0 aliphatic carbocycles. The highest BCUT2D eigenvalue weighted by molar-refractivity contribution is 4.92. The summed E-state index contributed by atoms with van der Waals surface area (Å²) in [5.41, 5.74) is 2.77. The highest BCUT2D eigenvalue weighted by atomic mass is 16.1. The van der Waals surface area contributed by atoms with Crippen LogP contribution in [0.4, 0.5) is 0 Å². The van der Waals surface area contributed by atoms with Crippen LogP contribution in [-0.4, -0.2) is 47.5 Å². The van der Waals surface area contributed by atoms with Crippen LogP contribution in [-0.2, 0) is 0 Å². The van der Waals surface area contributed by atoms with Gasteiger partial charge in [0, 0.05) is 38.4 Å². The quantitative estimate of drug-likeness (QED) is 0.716. The topological polar surface area (TPSA) is 62.2 Å². The summed E-state index contributed by atoms with van der Waals surface area (Å²) in [4.78, 5) is 14.8.